The Morgan fingerprint density at radius 2 is 1.30 bits per heavy atom. The monoisotopic (exact) mass is 437 g/mol. The maximum Gasteiger partial charge on any atom is 0.308 e. The van der Waals surface area contributed by atoms with Gasteiger partial charge >= 0.3 is 11.9 Å². The van der Waals surface area contributed by atoms with E-state index >= 15 is 0 Å². The van der Waals surface area contributed by atoms with Gasteiger partial charge in [0.25, 0.3) is 0 Å². The van der Waals surface area contributed by atoms with Crippen LogP contribution in [0.5, 0.6) is 0 Å². The summed E-state index contributed by atoms with van der Waals surface area (Å²) in [6, 6.07) is 0. The largest absolute Gasteiger partial charge is 0.481 e. The summed E-state index contributed by atoms with van der Waals surface area (Å²) in [6.07, 6.45) is -2.01. The lowest BCUT2D eigenvalue weighted by molar-refractivity contribution is -0.156. The third-order valence-electron chi connectivity index (χ3n) is 3.20. The van der Waals surface area contributed by atoms with Crippen molar-refractivity contribution in [3.63, 3.8) is 0 Å². The normalized spacial score (nSPS) is 12.4. The van der Waals surface area contributed by atoms with E-state index in [4.69, 9.17) is 28.8 Å². The molecule has 0 bridgehead atoms. The maximum atomic E-state index is 11.5. The van der Waals surface area contributed by atoms with Crippen LogP contribution in [0.25, 0.3) is 0 Å². The number of aliphatic hydroxyl groups excluding tert-OH is 1. The van der Waals surface area contributed by atoms with Gasteiger partial charge in [-0.1, -0.05) is 0 Å². The average Bonchev–Trinajstić information content (AvgIpc) is 2.62. The first-order valence-corrected chi connectivity index (χ1v) is 9.82. The summed E-state index contributed by atoms with van der Waals surface area (Å²) in [4.78, 5) is 33.2. The maximum absolute atomic E-state index is 11.5. The third-order valence-corrected chi connectivity index (χ3v) is 3.20. The van der Waals surface area contributed by atoms with Gasteiger partial charge in [0.05, 0.1) is 65.7 Å². The molecule has 0 spiro atoms. The van der Waals surface area contributed by atoms with Gasteiger partial charge in [0, 0.05) is 6.54 Å². The van der Waals surface area contributed by atoms with E-state index in [1.807, 2.05) is 20.8 Å². The Kier molecular flexibility index (Phi) is 15.9. The number of ether oxygens (including phenoxy) is 5. The highest BCUT2D eigenvalue weighted by Gasteiger charge is 2.17. The first-order chi connectivity index (χ1) is 14.1. The quantitative estimate of drug-likeness (QED) is 0.193. The number of nitrogens with one attached hydrogen (secondary N) is 1. The van der Waals surface area contributed by atoms with E-state index in [1.54, 1.807) is 0 Å². The first-order valence-electron chi connectivity index (χ1n) is 9.82. The third kappa shape index (κ3) is 19.5. The van der Waals surface area contributed by atoms with Gasteiger partial charge in [-0.3, -0.25) is 14.4 Å². The van der Waals surface area contributed by atoms with Crippen molar-refractivity contribution in [2.75, 3.05) is 59.4 Å². The van der Waals surface area contributed by atoms with Gasteiger partial charge < -0.3 is 39.2 Å². The number of hydrogen-bond donors (Lipinski definition) is 3. The molecule has 3 N–H and O–H groups in total. The van der Waals surface area contributed by atoms with Crippen molar-refractivity contribution in [3.05, 3.63) is 0 Å². The average molecular weight is 437 g/mol. The van der Waals surface area contributed by atoms with E-state index < -0.39 is 30.0 Å². The molecule has 1 atom stereocenters. The molecule has 176 valence electrons. The fourth-order valence-corrected chi connectivity index (χ4v) is 1.93. The lowest BCUT2D eigenvalue weighted by Gasteiger charge is -2.19. The van der Waals surface area contributed by atoms with Crippen LogP contribution < -0.4 is 5.32 Å². The summed E-state index contributed by atoms with van der Waals surface area (Å²) < 4.78 is 26.3. The van der Waals surface area contributed by atoms with E-state index in [2.05, 4.69) is 5.32 Å². The number of amides is 1. The molecule has 1 amide bonds. The highest BCUT2D eigenvalue weighted by Crippen LogP contribution is 2.07. The van der Waals surface area contributed by atoms with Gasteiger partial charge in [-0.2, -0.15) is 0 Å². The molecule has 0 heterocycles. The Morgan fingerprint density at radius 3 is 1.77 bits per heavy atom. The molecule has 30 heavy (non-hydrogen) atoms. The number of carboxylic acids is 1. The van der Waals surface area contributed by atoms with Crippen molar-refractivity contribution in [2.45, 2.75) is 45.3 Å². The van der Waals surface area contributed by atoms with Crippen molar-refractivity contribution in [1.29, 1.82) is 0 Å². The van der Waals surface area contributed by atoms with Crippen molar-refractivity contribution in [2.24, 2.45) is 0 Å². The summed E-state index contributed by atoms with van der Waals surface area (Å²) in [5.41, 5.74) is -0.492. The molecule has 0 saturated heterocycles. The van der Waals surface area contributed by atoms with Crippen LogP contribution in [0, 0.1) is 0 Å². The van der Waals surface area contributed by atoms with Crippen LogP contribution in [0.3, 0.4) is 0 Å². The fraction of sp³-hybridized carbons (Fsp3) is 0.842. The zero-order valence-corrected chi connectivity index (χ0v) is 18.0. The molecule has 0 aromatic rings. The van der Waals surface area contributed by atoms with Crippen LogP contribution in [-0.2, 0) is 38.1 Å². The summed E-state index contributed by atoms with van der Waals surface area (Å²) in [5.74, 6) is -2.29. The Hall–Kier alpha value is -1.79. The Morgan fingerprint density at radius 1 is 0.833 bits per heavy atom. The smallest absolute Gasteiger partial charge is 0.308 e. The van der Waals surface area contributed by atoms with Crippen LogP contribution in [0.2, 0.25) is 0 Å². The zero-order chi connectivity index (χ0) is 22.8. The molecule has 11 heteroatoms. The fourth-order valence-electron chi connectivity index (χ4n) is 1.93. The van der Waals surface area contributed by atoms with Crippen molar-refractivity contribution in [1.82, 2.24) is 5.32 Å². The minimum absolute atomic E-state index is 0.159. The number of carbonyl (C=O) groups is 3. The lowest BCUT2D eigenvalue weighted by atomic mass is 10.2. The van der Waals surface area contributed by atoms with Crippen LogP contribution >= 0.6 is 0 Å². The van der Waals surface area contributed by atoms with Gasteiger partial charge in [0.15, 0.2) is 0 Å². The summed E-state index contributed by atoms with van der Waals surface area (Å²) in [5, 5.41) is 20.1. The van der Waals surface area contributed by atoms with Crippen LogP contribution in [0.4, 0.5) is 0 Å². The van der Waals surface area contributed by atoms with Crippen molar-refractivity contribution < 1.29 is 48.3 Å². The molecule has 0 fully saturated rings. The SMILES string of the molecule is CC(C)(C)OC(=O)CCOCCOCCOCCOCCNC(=O)C(O)CC(=O)O. The number of carbonyl (C=O) groups excluding carboxylic acids is 2. The Bertz CT molecular complexity index is 492. The number of hydrogen-bond acceptors (Lipinski definition) is 9. The lowest BCUT2D eigenvalue weighted by Crippen LogP contribution is -2.37. The van der Waals surface area contributed by atoms with E-state index in [-0.39, 0.29) is 32.1 Å². The van der Waals surface area contributed by atoms with E-state index in [0.29, 0.717) is 39.6 Å². The highest BCUT2D eigenvalue weighted by atomic mass is 16.6. The van der Waals surface area contributed by atoms with Gasteiger partial charge in [-0.25, -0.2) is 0 Å². The molecule has 0 aliphatic carbocycles. The molecule has 0 aromatic carbocycles. The topological polar surface area (TPSA) is 150 Å². The zero-order valence-electron chi connectivity index (χ0n) is 18.0. The second kappa shape index (κ2) is 16.9. The number of rotatable bonds is 18. The van der Waals surface area contributed by atoms with Crippen LogP contribution in [0.1, 0.15) is 33.6 Å². The summed E-state index contributed by atoms with van der Waals surface area (Å²) >= 11 is 0. The van der Waals surface area contributed by atoms with Gasteiger partial charge in [0.1, 0.15) is 11.7 Å². The predicted octanol–water partition coefficient (Wildman–Crippen LogP) is -0.264. The van der Waals surface area contributed by atoms with E-state index in [1.165, 1.54) is 0 Å². The second-order valence-corrected chi connectivity index (χ2v) is 7.19. The van der Waals surface area contributed by atoms with Gasteiger partial charge in [-0.15, -0.1) is 0 Å². The second-order valence-electron chi connectivity index (χ2n) is 7.19. The molecule has 0 aliphatic rings. The molecule has 1 unspecified atom stereocenters. The molecule has 0 saturated carbocycles. The molecule has 0 rings (SSSR count). The van der Waals surface area contributed by atoms with E-state index in [0.717, 1.165) is 0 Å². The Balaban J connectivity index is 3.31. The number of esters is 1. The van der Waals surface area contributed by atoms with E-state index in [9.17, 15) is 19.5 Å². The number of carboxylic acid groups (broad SMARTS) is 1. The number of aliphatic hydroxyl groups is 1. The van der Waals surface area contributed by atoms with Crippen LogP contribution in [-0.4, -0.2) is 99.2 Å². The molecule has 11 nitrogen and oxygen atoms in total. The molecule has 0 radical (unpaired) electrons. The standard InChI is InChI=1S/C19H35NO10/c1-19(2,3)30-17(24)4-6-26-8-10-28-12-13-29-11-9-27-7-5-20-18(25)15(21)14-16(22)23/h15,21H,4-14H2,1-3H3,(H,20,25)(H,22,23). The predicted molar refractivity (Wildman–Crippen MR) is 105 cm³/mol. The minimum atomic E-state index is -1.57. The van der Waals surface area contributed by atoms with Crippen molar-refractivity contribution >= 4 is 17.8 Å². The first kappa shape index (κ1) is 28.2. The summed E-state index contributed by atoms with van der Waals surface area (Å²) in [7, 11) is 0. The molecular formula is C19H35NO10. The Labute approximate surface area is 176 Å². The van der Waals surface area contributed by atoms with Crippen LogP contribution in [0.15, 0.2) is 0 Å². The molecule has 0 aliphatic heterocycles. The van der Waals surface area contributed by atoms with Gasteiger partial charge in [0.2, 0.25) is 5.91 Å². The number of aliphatic carboxylic acids is 1. The summed E-state index contributed by atoms with van der Waals surface area (Å²) in [6.45, 7) is 8.31. The van der Waals surface area contributed by atoms with Gasteiger partial charge in [-0.05, 0) is 20.8 Å². The van der Waals surface area contributed by atoms with Crippen molar-refractivity contribution in [3.8, 4) is 0 Å². The minimum Gasteiger partial charge on any atom is -0.481 e. The highest BCUT2D eigenvalue weighted by molar-refractivity contribution is 5.84. The molecular weight excluding hydrogens is 402 g/mol. The molecule has 0 aromatic heterocycles.